The minimum Gasteiger partial charge on any atom is -0.293 e. The van der Waals surface area contributed by atoms with E-state index in [1.54, 1.807) is 13.8 Å². The highest BCUT2D eigenvalue weighted by atomic mass is 32.1. The fourth-order valence-electron chi connectivity index (χ4n) is 0.836. The molecule has 0 aromatic carbocycles. The summed E-state index contributed by atoms with van der Waals surface area (Å²) in [4.78, 5) is 21.6. The van der Waals surface area contributed by atoms with Gasteiger partial charge >= 0.3 is 0 Å². The summed E-state index contributed by atoms with van der Waals surface area (Å²) in [6.07, 6.45) is 0. The number of rotatable bonds is 3. The molecule has 13 heavy (non-hydrogen) atoms. The van der Waals surface area contributed by atoms with E-state index < -0.39 is 4.92 Å². The Morgan fingerprint density at radius 2 is 2.23 bits per heavy atom. The van der Waals surface area contributed by atoms with E-state index in [1.807, 2.05) is 0 Å². The molecule has 0 saturated carbocycles. The number of nitro groups is 1. The maximum Gasteiger partial charge on any atom is 0.280 e. The average molecular weight is 199 g/mol. The molecule has 0 N–H and O–H groups in total. The fraction of sp³-hybridized carbons (Fsp3) is 0.375. The maximum absolute atomic E-state index is 11.4. The van der Waals surface area contributed by atoms with Crippen LogP contribution in [-0.2, 0) is 0 Å². The van der Waals surface area contributed by atoms with Crippen molar-refractivity contribution in [1.29, 1.82) is 0 Å². The Kier molecular flexibility index (Phi) is 2.77. The molecule has 0 aliphatic rings. The SMILES string of the molecule is CC(C)C(=O)c1cc([N+](=O)[O-])cs1. The first-order chi connectivity index (χ1) is 6.02. The zero-order valence-electron chi connectivity index (χ0n) is 7.31. The van der Waals surface area contributed by atoms with Crippen molar-refractivity contribution in [3.05, 3.63) is 26.4 Å². The van der Waals surface area contributed by atoms with E-state index in [2.05, 4.69) is 0 Å². The van der Waals surface area contributed by atoms with Crippen LogP contribution in [0.3, 0.4) is 0 Å². The zero-order valence-corrected chi connectivity index (χ0v) is 8.13. The molecule has 1 aromatic heterocycles. The van der Waals surface area contributed by atoms with E-state index in [1.165, 1.54) is 11.4 Å². The van der Waals surface area contributed by atoms with Crippen molar-refractivity contribution in [2.24, 2.45) is 5.92 Å². The first kappa shape index (κ1) is 9.85. The summed E-state index contributed by atoms with van der Waals surface area (Å²) in [7, 11) is 0. The van der Waals surface area contributed by atoms with Crippen LogP contribution in [0.2, 0.25) is 0 Å². The molecule has 4 nitrogen and oxygen atoms in total. The molecule has 0 aliphatic heterocycles. The molecule has 0 saturated heterocycles. The van der Waals surface area contributed by atoms with Crippen molar-refractivity contribution in [3.8, 4) is 0 Å². The van der Waals surface area contributed by atoms with Gasteiger partial charge < -0.3 is 0 Å². The molecule has 5 heteroatoms. The van der Waals surface area contributed by atoms with Crippen molar-refractivity contribution in [1.82, 2.24) is 0 Å². The van der Waals surface area contributed by atoms with Crippen molar-refractivity contribution in [3.63, 3.8) is 0 Å². The summed E-state index contributed by atoms with van der Waals surface area (Å²) in [6, 6.07) is 1.33. The van der Waals surface area contributed by atoms with Gasteiger partial charge in [-0.2, -0.15) is 0 Å². The normalized spacial score (nSPS) is 10.4. The second-order valence-corrected chi connectivity index (χ2v) is 3.86. The summed E-state index contributed by atoms with van der Waals surface area (Å²) in [5, 5.41) is 11.7. The van der Waals surface area contributed by atoms with Crippen LogP contribution in [0, 0.1) is 16.0 Å². The average Bonchev–Trinajstić information content (AvgIpc) is 2.50. The van der Waals surface area contributed by atoms with Crippen molar-refractivity contribution in [2.75, 3.05) is 0 Å². The molecule has 0 aliphatic carbocycles. The van der Waals surface area contributed by atoms with E-state index in [4.69, 9.17) is 0 Å². The van der Waals surface area contributed by atoms with E-state index in [0.717, 1.165) is 11.3 Å². The third-order valence-corrected chi connectivity index (χ3v) is 2.50. The minimum absolute atomic E-state index is 0.00556. The first-order valence-corrected chi connectivity index (χ1v) is 4.67. The maximum atomic E-state index is 11.4. The lowest BCUT2D eigenvalue weighted by Gasteiger charge is -1.97. The van der Waals surface area contributed by atoms with Crippen LogP contribution in [0.25, 0.3) is 0 Å². The van der Waals surface area contributed by atoms with Crippen LogP contribution in [-0.4, -0.2) is 10.7 Å². The molecule has 0 atom stereocenters. The number of hydrogen-bond acceptors (Lipinski definition) is 4. The molecule has 1 aromatic rings. The molecule has 0 fully saturated rings. The number of ketones is 1. The molecule has 0 bridgehead atoms. The predicted octanol–water partition coefficient (Wildman–Crippen LogP) is 2.50. The number of hydrogen-bond donors (Lipinski definition) is 0. The highest BCUT2D eigenvalue weighted by Crippen LogP contribution is 2.23. The van der Waals surface area contributed by atoms with E-state index in [9.17, 15) is 14.9 Å². The van der Waals surface area contributed by atoms with Gasteiger partial charge in [-0.3, -0.25) is 14.9 Å². The largest absolute Gasteiger partial charge is 0.293 e. The number of carbonyl (C=O) groups is 1. The van der Waals surface area contributed by atoms with Crippen LogP contribution >= 0.6 is 11.3 Å². The van der Waals surface area contributed by atoms with Gasteiger partial charge in [0.1, 0.15) is 0 Å². The third kappa shape index (κ3) is 2.12. The Hall–Kier alpha value is -1.23. The van der Waals surface area contributed by atoms with E-state index in [0.29, 0.717) is 4.88 Å². The Morgan fingerprint density at radius 1 is 1.62 bits per heavy atom. The molecule has 0 spiro atoms. The summed E-state index contributed by atoms with van der Waals surface area (Å²) in [6.45, 7) is 3.54. The van der Waals surface area contributed by atoms with E-state index in [-0.39, 0.29) is 17.4 Å². The second kappa shape index (κ2) is 3.66. The Balaban J connectivity index is 2.92. The van der Waals surface area contributed by atoms with E-state index >= 15 is 0 Å². The number of Topliss-reactive ketones (excluding diaryl/α,β-unsaturated/α-hetero) is 1. The monoisotopic (exact) mass is 199 g/mol. The smallest absolute Gasteiger partial charge is 0.280 e. The summed E-state index contributed by atoms with van der Waals surface area (Å²) in [5.74, 6) is -0.156. The van der Waals surface area contributed by atoms with Crippen LogP contribution in [0.5, 0.6) is 0 Å². The van der Waals surface area contributed by atoms with Gasteiger partial charge in [0, 0.05) is 12.0 Å². The molecule has 70 valence electrons. The van der Waals surface area contributed by atoms with Crippen LogP contribution in [0.15, 0.2) is 11.4 Å². The second-order valence-electron chi connectivity index (χ2n) is 2.95. The fourth-order valence-corrected chi connectivity index (χ4v) is 1.78. The third-order valence-electron chi connectivity index (χ3n) is 1.56. The summed E-state index contributed by atoms with van der Waals surface area (Å²) in [5.41, 5.74) is -0.00556. The van der Waals surface area contributed by atoms with Crippen LogP contribution < -0.4 is 0 Å². The molecule has 0 amide bonds. The van der Waals surface area contributed by atoms with Gasteiger partial charge in [0.2, 0.25) is 0 Å². The van der Waals surface area contributed by atoms with Gasteiger partial charge in [-0.05, 0) is 0 Å². The summed E-state index contributed by atoms with van der Waals surface area (Å²) >= 11 is 1.12. The molecular formula is C8H9NO3S. The summed E-state index contributed by atoms with van der Waals surface area (Å²) < 4.78 is 0. The lowest BCUT2D eigenvalue weighted by molar-refractivity contribution is -0.384. The molecule has 1 rings (SSSR count). The first-order valence-electron chi connectivity index (χ1n) is 3.79. The van der Waals surface area contributed by atoms with Crippen molar-refractivity contribution >= 4 is 22.8 Å². The highest BCUT2D eigenvalue weighted by Gasteiger charge is 2.16. The van der Waals surface area contributed by atoms with Crippen LogP contribution in [0.1, 0.15) is 23.5 Å². The number of thiophene rings is 1. The number of carbonyl (C=O) groups excluding carboxylic acids is 1. The topological polar surface area (TPSA) is 60.2 Å². The quantitative estimate of drug-likeness (QED) is 0.427. The minimum atomic E-state index is -0.492. The van der Waals surface area contributed by atoms with Gasteiger partial charge in [0.25, 0.3) is 5.69 Å². The Bertz CT molecular complexity index is 343. The van der Waals surface area contributed by atoms with Gasteiger partial charge in [0.05, 0.1) is 15.2 Å². The zero-order chi connectivity index (χ0) is 10.0. The predicted molar refractivity (Wildman–Crippen MR) is 50.1 cm³/mol. The van der Waals surface area contributed by atoms with Crippen molar-refractivity contribution in [2.45, 2.75) is 13.8 Å². The molecule has 1 heterocycles. The lowest BCUT2D eigenvalue weighted by Crippen LogP contribution is -2.04. The lowest BCUT2D eigenvalue weighted by atomic mass is 10.1. The van der Waals surface area contributed by atoms with Crippen LogP contribution in [0.4, 0.5) is 5.69 Å². The highest BCUT2D eigenvalue weighted by molar-refractivity contribution is 7.12. The number of nitrogens with zero attached hydrogens (tertiary/aromatic N) is 1. The molecular weight excluding hydrogens is 190 g/mol. The van der Waals surface area contributed by atoms with Gasteiger partial charge in [-0.1, -0.05) is 13.8 Å². The molecule has 0 radical (unpaired) electrons. The van der Waals surface area contributed by atoms with Crippen molar-refractivity contribution < 1.29 is 9.72 Å². The Labute approximate surface area is 79.3 Å². The molecule has 0 unspecified atom stereocenters. The standard InChI is InChI=1S/C8H9NO3S/c1-5(2)8(10)7-3-6(4-13-7)9(11)12/h3-5H,1-2H3. The Morgan fingerprint density at radius 3 is 2.62 bits per heavy atom. The van der Waals surface area contributed by atoms with Gasteiger partial charge in [-0.15, -0.1) is 11.3 Å². The van der Waals surface area contributed by atoms with Gasteiger partial charge in [-0.25, -0.2) is 0 Å². The van der Waals surface area contributed by atoms with Gasteiger partial charge in [0.15, 0.2) is 5.78 Å².